The fourth-order valence-corrected chi connectivity index (χ4v) is 1.53. The Labute approximate surface area is 116 Å². The minimum atomic E-state index is -0.163. The second kappa shape index (κ2) is 12.9. The summed E-state index contributed by atoms with van der Waals surface area (Å²) in [6.07, 6.45) is 7.40. The first kappa shape index (κ1) is 17.5. The van der Waals surface area contributed by atoms with E-state index in [0.717, 1.165) is 6.42 Å². The van der Waals surface area contributed by atoms with Gasteiger partial charge in [-0.25, -0.2) is 0 Å². The number of ether oxygens (including phenoxy) is 1. The average molecular weight is 266 g/mol. The predicted molar refractivity (Wildman–Crippen MR) is 78.1 cm³/mol. The summed E-state index contributed by atoms with van der Waals surface area (Å²) in [5.74, 6) is 0.158. The summed E-state index contributed by atoms with van der Waals surface area (Å²) in [6.45, 7) is 4.26. The summed E-state index contributed by atoms with van der Waals surface area (Å²) < 4.78 is 4.81. The van der Waals surface area contributed by atoms with E-state index in [-0.39, 0.29) is 5.97 Å². The first-order valence-corrected chi connectivity index (χ1v) is 7.04. The van der Waals surface area contributed by atoms with E-state index in [0.29, 0.717) is 12.4 Å². The molecule has 0 fully saturated rings. The van der Waals surface area contributed by atoms with Gasteiger partial charge in [-0.1, -0.05) is 57.2 Å². The zero-order chi connectivity index (χ0) is 14.3. The van der Waals surface area contributed by atoms with E-state index in [1.807, 2.05) is 6.07 Å². The third-order valence-corrected chi connectivity index (χ3v) is 2.56. The molecule has 0 aliphatic carbocycles. The van der Waals surface area contributed by atoms with Gasteiger partial charge in [0, 0.05) is 6.92 Å². The lowest BCUT2D eigenvalue weighted by atomic mass is 10.1. The number of phenolic OH excluding ortho intramolecular Hbond substituents is 1. The van der Waals surface area contributed by atoms with Crippen LogP contribution in [0.15, 0.2) is 30.3 Å². The molecule has 108 valence electrons. The fourth-order valence-electron chi connectivity index (χ4n) is 1.53. The number of rotatable bonds is 7. The van der Waals surface area contributed by atoms with Gasteiger partial charge in [-0.3, -0.25) is 4.79 Å². The van der Waals surface area contributed by atoms with Gasteiger partial charge in [-0.15, -0.1) is 0 Å². The van der Waals surface area contributed by atoms with Crippen molar-refractivity contribution in [1.82, 2.24) is 0 Å². The summed E-state index contributed by atoms with van der Waals surface area (Å²) in [4.78, 5) is 10.4. The second-order valence-electron chi connectivity index (χ2n) is 4.44. The Hall–Kier alpha value is -1.51. The van der Waals surface area contributed by atoms with Crippen molar-refractivity contribution in [2.45, 2.75) is 52.4 Å². The summed E-state index contributed by atoms with van der Waals surface area (Å²) in [7, 11) is 0. The SMILES string of the molecule is CCCCCCCCOC(C)=O.Oc1ccccc1. The van der Waals surface area contributed by atoms with Crippen molar-refractivity contribution in [1.29, 1.82) is 0 Å². The maximum atomic E-state index is 10.4. The number of aromatic hydroxyl groups is 1. The van der Waals surface area contributed by atoms with Crippen LogP contribution in [0, 0.1) is 0 Å². The summed E-state index contributed by atoms with van der Waals surface area (Å²) in [6, 6.07) is 8.71. The fraction of sp³-hybridized carbons (Fsp3) is 0.562. The molecule has 0 spiro atoms. The van der Waals surface area contributed by atoms with E-state index < -0.39 is 0 Å². The number of unbranched alkanes of at least 4 members (excludes halogenated alkanes) is 5. The van der Waals surface area contributed by atoms with Gasteiger partial charge in [0.25, 0.3) is 0 Å². The van der Waals surface area contributed by atoms with Crippen LogP contribution in [-0.4, -0.2) is 17.7 Å². The summed E-state index contributed by atoms with van der Waals surface area (Å²) >= 11 is 0. The van der Waals surface area contributed by atoms with Gasteiger partial charge in [0.2, 0.25) is 0 Å². The molecule has 1 rings (SSSR count). The van der Waals surface area contributed by atoms with Crippen molar-refractivity contribution in [3.05, 3.63) is 30.3 Å². The molecule has 1 aromatic rings. The Balaban J connectivity index is 0.000000388. The largest absolute Gasteiger partial charge is 0.508 e. The molecule has 0 amide bonds. The molecular weight excluding hydrogens is 240 g/mol. The smallest absolute Gasteiger partial charge is 0.302 e. The van der Waals surface area contributed by atoms with Gasteiger partial charge in [0.1, 0.15) is 5.75 Å². The second-order valence-corrected chi connectivity index (χ2v) is 4.44. The quantitative estimate of drug-likeness (QED) is 0.591. The topological polar surface area (TPSA) is 46.5 Å². The van der Waals surface area contributed by atoms with Gasteiger partial charge >= 0.3 is 5.97 Å². The van der Waals surface area contributed by atoms with E-state index in [2.05, 4.69) is 6.92 Å². The molecule has 1 N–H and O–H groups in total. The van der Waals surface area contributed by atoms with E-state index in [9.17, 15) is 4.79 Å². The average Bonchev–Trinajstić information content (AvgIpc) is 2.39. The van der Waals surface area contributed by atoms with Crippen LogP contribution in [0.5, 0.6) is 5.75 Å². The van der Waals surface area contributed by atoms with Gasteiger partial charge in [-0.2, -0.15) is 0 Å². The summed E-state index contributed by atoms with van der Waals surface area (Å²) in [5, 5.41) is 8.63. The molecule has 0 radical (unpaired) electrons. The number of phenols is 1. The minimum absolute atomic E-state index is 0.163. The van der Waals surface area contributed by atoms with Gasteiger partial charge in [-0.05, 0) is 18.6 Å². The number of carbonyl (C=O) groups excluding carboxylic acids is 1. The minimum Gasteiger partial charge on any atom is -0.508 e. The van der Waals surface area contributed by atoms with Crippen LogP contribution in [0.25, 0.3) is 0 Å². The molecule has 0 atom stereocenters. The van der Waals surface area contributed by atoms with Crippen molar-refractivity contribution in [3.63, 3.8) is 0 Å². The first-order chi connectivity index (χ1) is 9.16. The van der Waals surface area contributed by atoms with Crippen molar-refractivity contribution in [2.24, 2.45) is 0 Å². The van der Waals surface area contributed by atoms with E-state index in [1.54, 1.807) is 24.3 Å². The lowest BCUT2D eigenvalue weighted by Gasteiger charge is -2.01. The van der Waals surface area contributed by atoms with Crippen molar-refractivity contribution in [3.8, 4) is 5.75 Å². The van der Waals surface area contributed by atoms with Crippen LogP contribution in [0.2, 0.25) is 0 Å². The zero-order valence-corrected chi connectivity index (χ0v) is 12.1. The van der Waals surface area contributed by atoms with Crippen molar-refractivity contribution < 1.29 is 14.6 Å². The third-order valence-electron chi connectivity index (χ3n) is 2.56. The molecule has 0 bridgehead atoms. The van der Waals surface area contributed by atoms with E-state index >= 15 is 0 Å². The molecule has 0 saturated heterocycles. The van der Waals surface area contributed by atoms with E-state index in [4.69, 9.17) is 9.84 Å². The monoisotopic (exact) mass is 266 g/mol. The van der Waals surface area contributed by atoms with Gasteiger partial charge in [0.05, 0.1) is 6.61 Å². The van der Waals surface area contributed by atoms with Crippen LogP contribution in [0.1, 0.15) is 52.4 Å². The number of hydrogen-bond donors (Lipinski definition) is 1. The van der Waals surface area contributed by atoms with Crippen LogP contribution in [0.4, 0.5) is 0 Å². The van der Waals surface area contributed by atoms with Crippen LogP contribution < -0.4 is 0 Å². The number of para-hydroxylation sites is 1. The maximum Gasteiger partial charge on any atom is 0.302 e. The molecule has 0 aromatic heterocycles. The molecule has 0 saturated carbocycles. The Kier molecular flexibility index (Phi) is 11.9. The first-order valence-electron chi connectivity index (χ1n) is 7.04. The Morgan fingerprint density at radius 2 is 1.63 bits per heavy atom. The Bertz CT molecular complexity index is 309. The van der Waals surface area contributed by atoms with Crippen LogP contribution in [-0.2, 0) is 9.53 Å². The zero-order valence-electron chi connectivity index (χ0n) is 12.1. The maximum absolute atomic E-state index is 10.4. The molecule has 1 aromatic carbocycles. The molecule has 3 nitrogen and oxygen atoms in total. The molecule has 3 heteroatoms. The number of benzene rings is 1. The number of carbonyl (C=O) groups is 1. The van der Waals surface area contributed by atoms with Crippen molar-refractivity contribution >= 4 is 5.97 Å². The third kappa shape index (κ3) is 14.4. The summed E-state index contributed by atoms with van der Waals surface area (Å²) in [5.41, 5.74) is 0. The Morgan fingerprint density at radius 3 is 2.11 bits per heavy atom. The standard InChI is InChI=1S/C10H20O2.C6H6O/c1-3-4-5-6-7-8-9-12-10(2)11;7-6-4-2-1-3-5-6/h3-9H2,1-2H3;1-5,7H. The highest BCUT2D eigenvalue weighted by Gasteiger charge is 1.92. The highest BCUT2D eigenvalue weighted by atomic mass is 16.5. The lowest BCUT2D eigenvalue weighted by Crippen LogP contribution is -1.99. The molecule has 0 aliphatic rings. The van der Waals surface area contributed by atoms with Crippen LogP contribution in [0.3, 0.4) is 0 Å². The predicted octanol–water partition coefficient (Wildman–Crippen LogP) is 4.30. The van der Waals surface area contributed by atoms with Gasteiger partial charge < -0.3 is 9.84 Å². The van der Waals surface area contributed by atoms with Crippen molar-refractivity contribution in [2.75, 3.05) is 6.61 Å². The van der Waals surface area contributed by atoms with Gasteiger partial charge in [0.15, 0.2) is 0 Å². The van der Waals surface area contributed by atoms with Crippen LogP contribution >= 0.6 is 0 Å². The normalized spacial score (nSPS) is 9.37. The molecule has 0 unspecified atom stereocenters. The molecule has 0 heterocycles. The number of esters is 1. The molecule has 19 heavy (non-hydrogen) atoms. The molecule has 0 aliphatic heterocycles. The number of hydrogen-bond acceptors (Lipinski definition) is 3. The lowest BCUT2D eigenvalue weighted by molar-refractivity contribution is -0.141. The molecular formula is C16H26O3. The Morgan fingerprint density at radius 1 is 1.05 bits per heavy atom. The highest BCUT2D eigenvalue weighted by Crippen LogP contribution is 2.04. The highest BCUT2D eigenvalue weighted by molar-refractivity contribution is 5.65. The van der Waals surface area contributed by atoms with E-state index in [1.165, 1.54) is 39.0 Å².